The Hall–Kier alpha value is -2.75. The van der Waals surface area contributed by atoms with Crippen LogP contribution in [-0.2, 0) is 28.9 Å². The molecule has 0 atom stereocenters. The molecule has 0 saturated carbocycles. The first-order valence-electron chi connectivity index (χ1n) is 9.34. The predicted molar refractivity (Wildman–Crippen MR) is 120 cm³/mol. The minimum Gasteiger partial charge on any atom is -0.468 e. The van der Waals surface area contributed by atoms with E-state index in [1.165, 1.54) is 42.5 Å². The molecule has 11 heteroatoms. The van der Waals surface area contributed by atoms with Crippen LogP contribution < -0.4 is 0 Å². The molecule has 0 fully saturated rings. The molecule has 0 spiro atoms. The number of sulfone groups is 1. The summed E-state index contributed by atoms with van der Waals surface area (Å²) in [4.78, 5) is 51.4. The maximum Gasteiger partial charge on any atom is 0.324 e. The van der Waals surface area contributed by atoms with Crippen molar-refractivity contribution in [3.05, 3.63) is 63.6 Å². The van der Waals surface area contributed by atoms with Crippen molar-refractivity contribution >= 4 is 56.5 Å². The topological polar surface area (TPSA) is 121 Å². The Morgan fingerprint density at radius 1 is 0.848 bits per heavy atom. The third kappa shape index (κ3) is 5.98. The molecule has 0 aromatic heterocycles. The van der Waals surface area contributed by atoms with Gasteiger partial charge in [-0.2, -0.15) is 0 Å². The highest BCUT2D eigenvalue weighted by Gasteiger charge is 2.51. The molecule has 0 amide bonds. The molecular weight excluding hydrogens is 495 g/mol. The van der Waals surface area contributed by atoms with E-state index in [0.717, 1.165) is 20.5 Å². The summed E-state index contributed by atoms with van der Waals surface area (Å²) in [5, 5.41) is 0.273. The number of ketones is 2. The number of hydrogen-bond donors (Lipinski definition) is 0. The van der Waals surface area contributed by atoms with Crippen LogP contribution in [0.1, 0.15) is 33.6 Å². The molecule has 0 unspecified atom stereocenters. The highest BCUT2D eigenvalue weighted by molar-refractivity contribution is 7.90. The lowest BCUT2D eigenvalue weighted by molar-refractivity contribution is -0.168. The summed E-state index contributed by atoms with van der Waals surface area (Å²) in [6.45, 7) is 0. The van der Waals surface area contributed by atoms with E-state index in [9.17, 15) is 27.6 Å². The highest BCUT2D eigenvalue weighted by Crippen LogP contribution is 2.35. The van der Waals surface area contributed by atoms with Crippen LogP contribution in [-0.4, -0.2) is 52.4 Å². The van der Waals surface area contributed by atoms with E-state index in [0.29, 0.717) is 0 Å². The molecule has 0 aliphatic carbocycles. The Bertz CT molecular complexity index is 1190. The summed E-state index contributed by atoms with van der Waals surface area (Å²) in [7, 11) is -1.48. The van der Waals surface area contributed by atoms with Gasteiger partial charge in [-0.1, -0.05) is 35.3 Å². The van der Waals surface area contributed by atoms with Crippen molar-refractivity contribution in [3.63, 3.8) is 0 Å². The van der Waals surface area contributed by atoms with E-state index in [-0.39, 0.29) is 26.1 Å². The van der Waals surface area contributed by atoms with E-state index < -0.39 is 51.6 Å². The lowest BCUT2D eigenvalue weighted by Crippen LogP contribution is -2.44. The van der Waals surface area contributed by atoms with Crippen molar-refractivity contribution in [1.29, 1.82) is 0 Å². The van der Waals surface area contributed by atoms with E-state index in [1.54, 1.807) is 0 Å². The fraction of sp³-hybridized carbons (Fsp3) is 0.273. The van der Waals surface area contributed by atoms with Crippen molar-refractivity contribution in [2.75, 3.05) is 20.5 Å². The van der Waals surface area contributed by atoms with Crippen LogP contribution in [0.2, 0.25) is 10.0 Å². The van der Waals surface area contributed by atoms with Gasteiger partial charge in [0.05, 0.1) is 24.1 Å². The molecule has 0 bridgehead atoms. The number of methoxy groups -OCH3 is 2. The van der Waals surface area contributed by atoms with Gasteiger partial charge in [-0.25, -0.2) is 8.42 Å². The average Bonchev–Trinajstić information content (AvgIpc) is 2.76. The van der Waals surface area contributed by atoms with Crippen LogP contribution in [0.3, 0.4) is 0 Å². The zero-order chi connectivity index (χ0) is 25.0. The zero-order valence-corrected chi connectivity index (χ0v) is 20.2. The second-order valence-electron chi connectivity index (χ2n) is 7.19. The van der Waals surface area contributed by atoms with E-state index >= 15 is 0 Å². The van der Waals surface area contributed by atoms with Crippen molar-refractivity contribution < 1.29 is 37.1 Å². The van der Waals surface area contributed by atoms with Gasteiger partial charge in [0.15, 0.2) is 26.8 Å². The number of benzene rings is 2. The lowest BCUT2D eigenvalue weighted by Gasteiger charge is -2.27. The Morgan fingerprint density at radius 3 is 1.82 bits per heavy atom. The van der Waals surface area contributed by atoms with Gasteiger partial charge in [-0.05, 0) is 30.3 Å². The van der Waals surface area contributed by atoms with Crippen molar-refractivity contribution in [3.8, 4) is 0 Å². The molecule has 33 heavy (non-hydrogen) atoms. The van der Waals surface area contributed by atoms with E-state index in [2.05, 4.69) is 0 Å². The molecule has 0 saturated heterocycles. The number of hydrogen-bond acceptors (Lipinski definition) is 8. The number of halogens is 2. The zero-order valence-electron chi connectivity index (χ0n) is 17.9. The first-order valence-corrected chi connectivity index (χ1v) is 12.0. The number of carbonyl (C=O) groups is 4. The number of Topliss-reactive ketones (excluding diaryl/α,β-unsaturated/α-hetero) is 2. The third-order valence-corrected chi connectivity index (χ3v) is 6.59. The maximum atomic E-state index is 13.0. The molecular formula is C22H20Cl2O8S. The van der Waals surface area contributed by atoms with Crippen LogP contribution in [0.4, 0.5) is 0 Å². The normalized spacial score (nSPS) is 11.5. The molecule has 2 aromatic rings. The number of carbonyl (C=O) groups excluding carboxylic acids is 4. The largest absolute Gasteiger partial charge is 0.468 e. The van der Waals surface area contributed by atoms with Gasteiger partial charge in [0.1, 0.15) is 0 Å². The number of ether oxygens (including phenoxy) is 2. The van der Waals surface area contributed by atoms with E-state index in [4.69, 9.17) is 32.7 Å². The first kappa shape index (κ1) is 26.5. The monoisotopic (exact) mass is 514 g/mol. The summed E-state index contributed by atoms with van der Waals surface area (Å²) >= 11 is 11.9. The predicted octanol–water partition coefficient (Wildman–Crippen LogP) is 3.58. The Kier molecular flexibility index (Phi) is 8.40. The standard InChI is InChI=1S/C22H20Cl2O8S/c1-31-20(27)22(21(28)32-2,12-19(26)16-9-6-14(23)10-17(16)24)11-18(25)13-4-7-15(8-5-13)33(3,29)30/h4-10H,11-12H2,1-3H3. The Balaban J connectivity index is 2.48. The molecule has 0 N–H and O–H groups in total. The van der Waals surface area contributed by atoms with Crippen molar-refractivity contribution in [1.82, 2.24) is 0 Å². The van der Waals surface area contributed by atoms with Gasteiger partial charge in [-0.15, -0.1) is 0 Å². The third-order valence-electron chi connectivity index (χ3n) is 4.91. The molecule has 2 rings (SSSR count). The molecule has 0 aliphatic rings. The first-order chi connectivity index (χ1) is 15.4. The fourth-order valence-corrected chi connectivity index (χ4v) is 4.32. The molecule has 0 radical (unpaired) electrons. The number of rotatable bonds is 9. The summed E-state index contributed by atoms with van der Waals surface area (Å²) in [5.41, 5.74) is -2.28. The maximum absolute atomic E-state index is 13.0. The highest BCUT2D eigenvalue weighted by atomic mass is 35.5. The van der Waals surface area contributed by atoms with Crippen LogP contribution in [0.5, 0.6) is 0 Å². The van der Waals surface area contributed by atoms with Gasteiger partial charge in [0, 0.05) is 35.2 Å². The summed E-state index contributed by atoms with van der Waals surface area (Å²) in [6.07, 6.45) is -0.515. The van der Waals surface area contributed by atoms with Gasteiger partial charge < -0.3 is 9.47 Å². The second kappa shape index (κ2) is 10.5. The summed E-state index contributed by atoms with van der Waals surface area (Å²) in [5.74, 6) is -3.71. The summed E-state index contributed by atoms with van der Waals surface area (Å²) in [6, 6.07) is 9.00. The molecule has 0 heterocycles. The van der Waals surface area contributed by atoms with Gasteiger partial charge in [0.2, 0.25) is 0 Å². The van der Waals surface area contributed by atoms with Crippen molar-refractivity contribution in [2.24, 2.45) is 5.41 Å². The van der Waals surface area contributed by atoms with Crippen molar-refractivity contribution in [2.45, 2.75) is 17.7 Å². The SMILES string of the molecule is COC(=O)C(CC(=O)c1ccc(S(C)(=O)=O)cc1)(CC(=O)c1ccc(Cl)cc1Cl)C(=O)OC. The molecule has 8 nitrogen and oxygen atoms in total. The fourth-order valence-electron chi connectivity index (χ4n) is 3.17. The molecule has 176 valence electrons. The van der Waals surface area contributed by atoms with Gasteiger partial charge in [0.25, 0.3) is 0 Å². The quantitative estimate of drug-likeness (QED) is 0.282. The Labute approximate surface area is 200 Å². The second-order valence-corrected chi connectivity index (χ2v) is 10.0. The van der Waals surface area contributed by atoms with Crippen LogP contribution in [0.25, 0.3) is 0 Å². The minimum atomic E-state index is -3.49. The number of esters is 2. The van der Waals surface area contributed by atoms with Crippen LogP contribution in [0.15, 0.2) is 47.4 Å². The van der Waals surface area contributed by atoms with Gasteiger partial charge in [-0.3, -0.25) is 19.2 Å². The Morgan fingerprint density at radius 2 is 1.36 bits per heavy atom. The van der Waals surface area contributed by atoms with Crippen LogP contribution in [0, 0.1) is 5.41 Å². The molecule has 2 aromatic carbocycles. The lowest BCUT2D eigenvalue weighted by atomic mass is 9.76. The van der Waals surface area contributed by atoms with Gasteiger partial charge >= 0.3 is 11.9 Å². The summed E-state index contributed by atoms with van der Waals surface area (Å²) < 4.78 is 32.8. The minimum absolute atomic E-state index is 0.00109. The average molecular weight is 515 g/mol. The molecule has 0 aliphatic heterocycles. The smallest absolute Gasteiger partial charge is 0.324 e. The van der Waals surface area contributed by atoms with Crippen LogP contribution >= 0.6 is 23.2 Å². The van der Waals surface area contributed by atoms with E-state index in [1.807, 2.05) is 0 Å².